The number of carbonyl (C=O) groups is 2. The predicted octanol–water partition coefficient (Wildman–Crippen LogP) is 4.89. The maximum Gasteiger partial charge on any atom is 0.490 e. The maximum atomic E-state index is 13.0. The van der Waals surface area contributed by atoms with Gasteiger partial charge in [-0.3, -0.25) is 9.89 Å². The molecule has 11 heteroatoms. The first-order valence-electron chi connectivity index (χ1n) is 12.7. The Bertz CT molecular complexity index is 1670. The number of fused-ring (bicyclic) bond motifs is 4. The summed E-state index contributed by atoms with van der Waals surface area (Å²) in [6.07, 6.45) is -3.20. The third-order valence-electron chi connectivity index (χ3n) is 7.92. The van der Waals surface area contributed by atoms with E-state index in [1.165, 1.54) is 11.1 Å². The number of carbonyl (C=O) groups excluding carboxylic acids is 1. The van der Waals surface area contributed by atoms with Gasteiger partial charge in [0.05, 0.1) is 23.7 Å². The summed E-state index contributed by atoms with van der Waals surface area (Å²) in [4.78, 5) is 21.9. The van der Waals surface area contributed by atoms with E-state index in [2.05, 4.69) is 57.2 Å². The van der Waals surface area contributed by atoms with E-state index in [0.29, 0.717) is 0 Å². The number of alkyl halides is 3. The van der Waals surface area contributed by atoms with Crippen LogP contribution in [-0.4, -0.2) is 47.0 Å². The van der Waals surface area contributed by atoms with Crippen molar-refractivity contribution in [3.63, 3.8) is 0 Å². The number of methoxy groups -OCH3 is 1. The molecule has 206 valence electrons. The molecule has 2 aliphatic heterocycles. The van der Waals surface area contributed by atoms with Crippen LogP contribution in [0.5, 0.6) is 5.75 Å². The molecule has 0 saturated heterocycles. The largest absolute Gasteiger partial charge is 0.497 e. The molecule has 1 aliphatic carbocycles. The molecule has 1 fully saturated rings. The highest BCUT2D eigenvalue weighted by Crippen LogP contribution is 2.65. The van der Waals surface area contributed by atoms with E-state index < -0.39 is 17.6 Å². The van der Waals surface area contributed by atoms with Gasteiger partial charge in [-0.05, 0) is 72.0 Å². The van der Waals surface area contributed by atoms with Crippen molar-refractivity contribution < 1.29 is 32.6 Å². The minimum atomic E-state index is -5.08. The van der Waals surface area contributed by atoms with E-state index in [1.807, 2.05) is 18.2 Å². The Balaban J connectivity index is 0.000000370. The molecule has 0 radical (unpaired) electrons. The zero-order chi connectivity index (χ0) is 28.2. The number of aromatic nitrogens is 2. The summed E-state index contributed by atoms with van der Waals surface area (Å²) in [6.45, 7) is 1.95. The molecule has 40 heavy (non-hydrogen) atoms. The van der Waals surface area contributed by atoms with Crippen molar-refractivity contribution in [1.29, 1.82) is 0 Å². The normalized spacial score (nSPS) is 20.8. The number of aliphatic carboxylic acids is 1. The lowest BCUT2D eigenvalue weighted by Crippen LogP contribution is -2.23. The van der Waals surface area contributed by atoms with E-state index in [4.69, 9.17) is 14.6 Å². The first kappa shape index (κ1) is 25.9. The molecule has 3 aromatic carbocycles. The van der Waals surface area contributed by atoms with Gasteiger partial charge in [0.15, 0.2) is 0 Å². The lowest BCUT2D eigenvalue weighted by molar-refractivity contribution is -0.192. The zero-order valence-electron chi connectivity index (χ0n) is 21.4. The fourth-order valence-corrected chi connectivity index (χ4v) is 5.80. The van der Waals surface area contributed by atoms with Gasteiger partial charge in [0.25, 0.3) is 0 Å². The summed E-state index contributed by atoms with van der Waals surface area (Å²) < 4.78 is 37.2. The highest BCUT2D eigenvalue weighted by Gasteiger charge is 2.65. The summed E-state index contributed by atoms with van der Waals surface area (Å²) in [5.41, 5.74) is 8.51. The second-order valence-corrected chi connectivity index (χ2v) is 10.2. The molecule has 1 spiro atoms. The van der Waals surface area contributed by atoms with Gasteiger partial charge in [0.1, 0.15) is 5.75 Å². The number of hydrogen-bond donors (Lipinski definition) is 4. The van der Waals surface area contributed by atoms with Crippen molar-refractivity contribution in [1.82, 2.24) is 15.5 Å². The summed E-state index contributed by atoms with van der Waals surface area (Å²) in [6, 6.07) is 19.0. The van der Waals surface area contributed by atoms with Gasteiger partial charge in [-0.25, -0.2) is 4.79 Å². The van der Waals surface area contributed by atoms with Crippen LogP contribution in [0.3, 0.4) is 0 Å². The maximum absolute atomic E-state index is 13.0. The molecule has 3 aliphatic rings. The molecule has 7 rings (SSSR count). The number of amides is 1. The van der Waals surface area contributed by atoms with Gasteiger partial charge in [-0.2, -0.15) is 18.3 Å². The van der Waals surface area contributed by atoms with E-state index in [9.17, 15) is 18.0 Å². The molecule has 1 amide bonds. The lowest BCUT2D eigenvalue weighted by atomic mass is 9.91. The molecule has 1 aromatic heterocycles. The highest BCUT2D eigenvalue weighted by atomic mass is 19.4. The molecular formula is C29H25F3N4O4. The number of carboxylic acid groups (broad SMARTS) is 1. The Morgan fingerprint density at radius 3 is 2.65 bits per heavy atom. The Labute approximate surface area is 226 Å². The van der Waals surface area contributed by atoms with Crippen LogP contribution in [0.15, 0.2) is 54.6 Å². The smallest absolute Gasteiger partial charge is 0.490 e. The Morgan fingerprint density at radius 2 is 1.90 bits per heavy atom. The van der Waals surface area contributed by atoms with E-state index in [-0.39, 0.29) is 11.8 Å². The first-order chi connectivity index (χ1) is 19.1. The van der Waals surface area contributed by atoms with Crippen LogP contribution in [0.1, 0.15) is 34.6 Å². The van der Waals surface area contributed by atoms with Crippen LogP contribution in [0, 0.1) is 0 Å². The average Bonchev–Trinajstić information content (AvgIpc) is 3.47. The quantitative estimate of drug-likeness (QED) is 0.289. The number of rotatable bonds is 3. The summed E-state index contributed by atoms with van der Waals surface area (Å²) in [7, 11) is 1.66. The minimum Gasteiger partial charge on any atom is -0.497 e. The van der Waals surface area contributed by atoms with Crippen LogP contribution >= 0.6 is 0 Å². The van der Waals surface area contributed by atoms with Crippen molar-refractivity contribution in [3.05, 3.63) is 76.9 Å². The van der Waals surface area contributed by atoms with E-state index in [0.717, 1.165) is 70.7 Å². The Kier molecular flexibility index (Phi) is 6.06. The molecule has 2 atom stereocenters. The van der Waals surface area contributed by atoms with Gasteiger partial charge in [0, 0.05) is 29.1 Å². The number of ether oxygens (including phenoxy) is 1. The van der Waals surface area contributed by atoms with Crippen molar-refractivity contribution >= 4 is 28.5 Å². The third kappa shape index (κ3) is 4.26. The number of nitrogens with one attached hydrogen (secondary N) is 3. The molecule has 3 heterocycles. The van der Waals surface area contributed by atoms with Crippen LogP contribution in [-0.2, 0) is 28.0 Å². The van der Waals surface area contributed by atoms with Crippen LogP contribution in [0.25, 0.3) is 22.2 Å². The van der Waals surface area contributed by atoms with Crippen molar-refractivity contribution in [2.75, 3.05) is 19.0 Å². The van der Waals surface area contributed by atoms with Gasteiger partial charge < -0.3 is 20.5 Å². The Hall–Kier alpha value is -4.38. The second kappa shape index (κ2) is 9.37. The standard InChI is InChI=1S/C27H24N4O2.C2HF3O2/c1-33-19-5-7-23-21(12-19)27(26(32)29-23)13-22(27)16-4-6-20-24(11-16)30-31-25(20)17-3-2-15-8-9-28-14-18(15)10-17;3-2(4,5)1(6)7/h2-7,10-12,22,28H,8-9,13-14H2,1H3,(H,29,32)(H,30,31);(H,6,7)/t22-,27-;/m0./s1. The van der Waals surface area contributed by atoms with Crippen LogP contribution < -0.4 is 15.4 Å². The van der Waals surface area contributed by atoms with Crippen molar-refractivity contribution in [2.24, 2.45) is 0 Å². The van der Waals surface area contributed by atoms with Crippen LogP contribution in [0.4, 0.5) is 18.9 Å². The summed E-state index contributed by atoms with van der Waals surface area (Å²) in [5.74, 6) is -1.74. The number of anilines is 1. The fourth-order valence-electron chi connectivity index (χ4n) is 5.80. The number of carboxylic acids is 1. The van der Waals surface area contributed by atoms with Gasteiger partial charge in [0.2, 0.25) is 5.91 Å². The molecule has 0 bridgehead atoms. The Morgan fingerprint density at radius 1 is 1.10 bits per heavy atom. The average molecular weight is 551 g/mol. The molecular weight excluding hydrogens is 525 g/mol. The molecule has 1 saturated carbocycles. The molecule has 8 nitrogen and oxygen atoms in total. The summed E-state index contributed by atoms with van der Waals surface area (Å²) in [5, 5.41) is 22.6. The SMILES string of the molecule is COc1ccc2c(c1)[C@]1(C[C@H]1c1ccc3c(-c4ccc5c(c4)CNCC5)n[nH]c3c1)C(=O)N2.O=C(O)C(F)(F)F. The second-order valence-electron chi connectivity index (χ2n) is 10.2. The number of H-pyrrole nitrogens is 1. The topological polar surface area (TPSA) is 116 Å². The predicted molar refractivity (Wildman–Crippen MR) is 141 cm³/mol. The zero-order valence-corrected chi connectivity index (χ0v) is 21.4. The molecule has 0 unspecified atom stereocenters. The monoisotopic (exact) mass is 550 g/mol. The van der Waals surface area contributed by atoms with Crippen LogP contribution in [0.2, 0.25) is 0 Å². The minimum absolute atomic E-state index is 0.0869. The third-order valence-corrected chi connectivity index (χ3v) is 7.92. The number of hydrogen-bond acceptors (Lipinski definition) is 5. The highest BCUT2D eigenvalue weighted by molar-refractivity contribution is 6.10. The molecule has 4 aromatic rings. The summed E-state index contributed by atoms with van der Waals surface area (Å²) >= 11 is 0. The lowest BCUT2D eigenvalue weighted by Gasteiger charge is -2.17. The molecule has 4 N–H and O–H groups in total. The van der Waals surface area contributed by atoms with Gasteiger partial charge in [-0.15, -0.1) is 0 Å². The number of nitrogens with zero attached hydrogens (tertiary/aromatic N) is 1. The van der Waals surface area contributed by atoms with Crippen molar-refractivity contribution in [3.8, 4) is 17.0 Å². The van der Waals surface area contributed by atoms with Crippen molar-refractivity contribution in [2.45, 2.75) is 36.9 Å². The fraction of sp³-hybridized carbons (Fsp3) is 0.276. The number of halogens is 3. The van der Waals surface area contributed by atoms with Gasteiger partial charge in [-0.1, -0.05) is 24.3 Å². The van der Waals surface area contributed by atoms with E-state index in [1.54, 1.807) is 7.11 Å². The number of aromatic amines is 1. The van der Waals surface area contributed by atoms with E-state index >= 15 is 0 Å². The number of benzene rings is 3. The first-order valence-corrected chi connectivity index (χ1v) is 12.7. The van der Waals surface area contributed by atoms with Gasteiger partial charge >= 0.3 is 12.1 Å².